The van der Waals surface area contributed by atoms with Crippen LogP contribution in [0.15, 0.2) is 48.5 Å². The number of hydrogen-bond acceptors (Lipinski definition) is 3. The molecule has 120 valence electrons. The lowest BCUT2D eigenvalue weighted by Crippen LogP contribution is -2.31. The number of carbonyl (C=O) groups excluding carboxylic acids is 2. The first-order valence-electron chi connectivity index (χ1n) is 7.25. The van der Waals surface area contributed by atoms with Gasteiger partial charge in [0.2, 0.25) is 0 Å². The second-order valence-corrected chi connectivity index (χ2v) is 5.62. The van der Waals surface area contributed by atoms with Crippen LogP contribution in [0.25, 0.3) is 0 Å². The Morgan fingerprint density at radius 3 is 2.52 bits per heavy atom. The smallest absolute Gasteiger partial charge is 0.258 e. The topological polar surface area (TPSA) is 55.4 Å². The molecule has 5 heteroatoms. The van der Waals surface area contributed by atoms with Crippen molar-refractivity contribution in [2.24, 2.45) is 0 Å². The quantitative estimate of drug-likeness (QED) is 0.819. The summed E-state index contributed by atoms with van der Waals surface area (Å²) in [5.41, 5.74) is 1.37. The van der Waals surface area contributed by atoms with E-state index in [0.29, 0.717) is 16.3 Å². The highest BCUT2D eigenvalue weighted by Crippen LogP contribution is 2.23. The SMILES string of the molecule is CC(=O)c1cc(Cl)ccc1OCC(=O)N[C@H](C)c1ccccc1. The number of carbonyl (C=O) groups is 2. The highest BCUT2D eigenvalue weighted by molar-refractivity contribution is 6.31. The van der Waals surface area contributed by atoms with Gasteiger partial charge in [-0.3, -0.25) is 9.59 Å². The van der Waals surface area contributed by atoms with Crippen molar-refractivity contribution in [1.82, 2.24) is 5.32 Å². The molecule has 0 aliphatic heterocycles. The lowest BCUT2D eigenvalue weighted by atomic mass is 10.1. The Morgan fingerprint density at radius 1 is 1.17 bits per heavy atom. The molecular weight excluding hydrogens is 314 g/mol. The minimum Gasteiger partial charge on any atom is -0.483 e. The second-order valence-electron chi connectivity index (χ2n) is 5.19. The van der Waals surface area contributed by atoms with Gasteiger partial charge in [-0.1, -0.05) is 41.9 Å². The van der Waals surface area contributed by atoms with E-state index in [-0.39, 0.29) is 24.3 Å². The summed E-state index contributed by atoms with van der Waals surface area (Å²) in [6.07, 6.45) is 0. The van der Waals surface area contributed by atoms with Crippen LogP contribution in [0.2, 0.25) is 5.02 Å². The predicted octanol–water partition coefficient (Wildman–Crippen LogP) is 3.80. The van der Waals surface area contributed by atoms with Crippen LogP contribution in [0, 0.1) is 0 Å². The molecular formula is C18H18ClNO3. The van der Waals surface area contributed by atoms with E-state index in [4.69, 9.17) is 16.3 Å². The minimum atomic E-state index is -0.259. The number of nitrogens with one attached hydrogen (secondary N) is 1. The summed E-state index contributed by atoms with van der Waals surface area (Å²) in [4.78, 5) is 23.6. The predicted molar refractivity (Wildman–Crippen MR) is 90.0 cm³/mol. The Morgan fingerprint density at radius 2 is 1.87 bits per heavy atom. The first kappa shape index (κ1) is 17.0. The van der Waals surface area contributed by atoms with Crippen molar-refractivity contribution in [3.63, 3.8) is 0 Å². The molecule has 23 heavy (non-hydrogen) atoms. The van der Waals surface area contributed by atoms with E-state index in [9.17, 15) is 9.59 Å². The average molecular weight is 332 g/mol. The van der Waals surface area contributed by atoms with E-state index >= 15 is 0 Å². The van der Waals surface area contributed by atoms with Crippen molar-refractivity contribution in [3.8, 4) is 5.75 Å². The maximum atomic E-state index is 12.0. The van der Waals surface area contributed by atoms with Gasteiger partial charge >= 0.3 is 0 Å². The van der Waals surface area contributed by atoms with Gasteiger partial charge in [-0.05, 0) is 37.6 Å². The van der Waals surface area contributed by atoms with Crippen LogP contribution in [0.3, 0.4) is 0 Å². The van der Waals surface area contributed by atoms with Crippen LogP contribution in [0.5, 0.6) is 5.75 Å². The fraction of sp³-hybridized carbons (Fsp3) is 0.222. The maximum absolute atomic E-state index is 12.0. The van der Waals surface area contributed by atoms with Crippen molar-refractivity contribution < 1.29 is 14.3 Å². The molecule has 0 aliphatic carbocycles. The van der Waals surface area contributed by atoms with E-state index in [1.165, 1.54) is 13.0 Å². The molecule has 0 fully saturated rings. The molecule has 0 heterocycles. The van der Waals surface area contributed by atoms with Crippen LogP contribution in [-0.2, 0) is 4.79 Å². The number of halogens is 1. The summed E-state index contributed by atoms with van der Waals surface area (Å²) in [7, 11) is 0. The number of rotatable bonds is 6. The van der Waals surface area contributed by atoms with Gasteiger partial charge in [-0.15, -0.1) is 0 Å². The van der Waals surface area contributed by atoms with Gasteiger partial charge in [0.1, 0.15) is 5.75 Å². The summed E-state index contributed by atoms with van der Waals surface area (Å²) in [5, 5.41) is 3.30. The molecule has 2 aromatic rings. The van der Waals surface area contributed by atoms with Gasteiger partial charge in [0.05, 0.1) is 11.6 Å². The Kier molecular flexibility index (Phi) is 5.77. The molecule has 0 aliphatic rings. The summed E-state index contributed by atoms with van der Waals surface area (Å²) in [6.45, 7) is 3.16. The Hall–Kier alpha value is -2.33. The minimum absolute atomic E-state index is 0.121. The van der Waals surface area contributed by atoms with Crippen LogP contribution in [-0.4, -0.2) is 18.3 Å². The monoisotopic (exact) mass is 331 g/mol. The Balaban J connectivity index is 1.96. The number of Topliss-reactive ketones (excluding diaryl/α,β-unsaturated/α-hetero) is 1. The molecule has 0 aromatic heterocycles. The first-order chi connectivity index (χ1) is 11.0. The zero-order chi connectivity index (χ0) is 16.8. The molecule has 2 aromatic carbocycles. The van der Waals surface area contributed by atoms with Crippen LogP contribution >= 0.6 is 11.6 Å². The summed E-state index contributed by atoms with van der Waals surface area (Å²) in [5.74, 6) is -0.0734. The van der Waals surface area contributed by atoms with Crippen molar-refractivity contribution in [3.05, 3.63) is 64.7 Å². The molecule has 0 radical (unpaired) electrons. The van der Waals surface area contributed by atoms with Crippen LogP contribution in [0.1, 0.15) is 35.8 Å². The highest BCUT2D eigenvalue weighted by atomic mass is 35.5. The molecule has 1 amide bonds. The standard InChI is InChI=1S/C18H18ClNO3/c1-12(14-6-4-3-5-7-14)20-18(22)11-23-17-9-8-15(19)10-16(17)13(2)21/h3-10,12H,11H2,1-2H3,(H,20,22)/t12-/m1/s1. The van der Waals surface area contributed by atoms with E-state index < -0.39 is 0 Å². The number of ketones is 1. The first-order valence-corrected chi connectivity index (χ1v) is 7.62. The number of benzene rings is 2. The van der Waals surface area contributed by atoms with Crippen molar-refractivity contribution in [1.29, 1.82) is 0 Å². The largest absolute Gasteiger partial charge is 0.483 e. The fourth-order valence-corrected chi connectivity index (χ4v) is 2.33. The van der Waals surface area contributed by atoms with Gasteiger partial charge in [-0.2, -0.15) is 0 Å². The highest BCUT2D eigenvalue weighted by Gasteiger charge is 2.13. The molecule has 0 saturated carbocycles. The van der Waals surface area contributed by atoms with Crippen LogP contribution < -0.4 is 10.1 Å². The lowest BCUT2D eigenvalue weighted by Gasteiger charge is -2.15. The lowest BCUT2D eigenvalue weighted by molar-refractivity contribution is -0.123. The summed E-state index contributed by atoms with van der Waals surface area (Å²) < 4.78 is 5.46. The van der Waals surface area contributed by atoms with Gasteiger partial charge in [0.15, 0.2) is 12.4 Å². The van der Waals surface area contributed by atoms with E-state index in [0.717, 1.165) is 5.56 Å². The zero-order valence-electron chi connectivity index (χ0n) is 13.0. The third kappa shape index (κ3) is 4.83. The fourth-order valence-electron chi connectivity index (χ4n) is 2.15. The van der Waals surface area contributed by atoms with E-state index in [2.05, 4.69) is 5.32 Å². The molecule has 0 unspecified atom stereocenters. The molecule has 0 saturated heterocycles. The number of amides is 1. The molecule has 4 nitrogen and oxygen atoms in total. The summed E-state index contributed by atoms with van der Waals surface area (Å²) in [6, 6.07) is 14.3. The second kappa shape index (κ2) is 7.79. The van der Waals surface area contributed by atoms with Crippen molar-refractivity contribution in [2.45, 2.75) is 19.9 Å². The maximum Gasteiger partial charge on any atom is 0.258 e. The molecule has 1 N–H and O–H groups in total. The normalized spacial score (nSPS) is 11.6. The van der Waals surface area contributed by atoms with Gasteiger partial charge < -0.3 is 10.1 Å². The molecule has 2 rings (SSSR count). The van der Waals surface area contributed by atoms with Crippen LogP contribution in [0.4, 0.5) is 0 Å². The third-order valence-electron chi connectivity index (χ3n) is 3.36. The van der Waals surface area contributed by atoms with Crippen molar-refractivity contribution >= 4 is 23.3 Å². The van der Waals surface area contributed by atoms with Gasteiger partial charge in [0, 0.05) is 5.02 Å². The number of ether oxygens (including phenoxy) is 1. The Labute approximate surface area is 140 Å². The molecule has 0 bridgehead atoms. The third-order valence-corrected chi connectivity index (χ3v) is 3.59. The van der Waals surface area contributed by atoms with E-state index in [1.54, 1.807) is 12.1 Å². The van der Waals surface area contributed by atoms with Gasteiger partial charge in [0.25, 0.3) is 5.91 Å². The average Bonchev–Trinajstić information content (AvgIpc) is 2.54. The number of hydrogen-bond donors (Lipinski definition) is 1. The van der Waals surface area contributed by atoms with E-state index in [1.807, 2.05) is 37.3 Å². The summed E-state index contributed by atoms with van der Waals surface area (Å²) >= 11 is 5.87. The molecule has 1 atom stereocenters. The van der Waals surface area contributed by atoms with Gasteiger partial charge in [-0.25, -0.2) is 0 Å². The zero-order valence-corrected chi connectivity index (χ0v) is 13.8. The Bertz CT molecular complexity index is 701. The molecule has 0 spiro atoms. The van der Waals surface area contributed by atoms with Crippen molar-refractivity contribution in [2.75, 3.05) is 6.61 Å².